The summed E-state index contributed by atoms with van der Waals surface area (Å²) in [6.45, 7) is 8.08. The molecule has 8 heteroatoms. The first-order valence-electron chi connectivity index (χ1n) is 12.2. The largest absolute Gasteiger partial charge is 0.382 e. The number of anilines is 2. The van der Waals surface area contributed by atoms with Crippen molar-refractivity contribution in [1.82, 2.24) is 24.8 Å². The molecule has 5 heterocycles. The van der Waals surface area contributed by atoms with Crippen molar-refractivity contribution in [1.29, 1.82) is 0 Å². The molecule has 0 unspecified atom stereocenters. The Bertz CT molecular complexity index is 1080. The summed E-state index contributed by atoms with van der Waals surface area (Å²) in [4.78, 5) is 19.9. The van der Waals surface area contributed by atoms with Crippen LogP contribution in [0.2, 0.25) is 0 Å². The number of likely N-dealkylation sites (tertiary alicyclic amines) is 2. The third kappa shape index (κ3) is 4.30. The molecule has 3 aliphatic heterocycles. The van der Waals surface area contributed by atoms with E-state index in [0.29, 0.717) is 6.04 Å². The van der Waals surface area contributed by atoms with E-state index in [2.05, 4.69) is 72.3 Å². The summed E-state index contributed by atoms with van der Waals surface area (Å²) in [5, 5.41) is 4.82. The molecule has 3 aromatic rings. The standard InChI is InChI=1S/C25H33N7O/c1-30-15-21(16-30)31-8-6-20(7-9-31)28-19-4-2-18(3-5-19)23-14-22-24(29-23)26-17-27-25(22)32-10-12-33-13-11-32/h2-5,14,17,20-21,28H,6-13,15-16H2,1H3,(H,26,27,29). The molecule has 0 aliphatic carbocycles. The van der Waals surface area contributed by atoms with E-state index in [9.17, 15) is 0 Å². The SMILES string of the molecule is CN1CC(N2CCC(Nc3ccc(-c4cc5c(N6CCOCC6)ncnc5[nH]4)cc3)CC2)C1. The van der Waals surface area contributed by atoms with E-state index in [0.717, 1.165) is 60.5 Å². The molecule has 0 saturated carbocycles. The summed E-state index contributed by atoms with van der Waals surface area (Å²) in [6.07, 6.45) is 4.08. The fraction of sp³-hybridized carbons (Fsp3) is 0.520. The van der Waals surface area contributed by atoms with Crippen molar-refractivity contribution >= 4 is 22.5 Å². The van der Waals surface area contributed by atoms with Gasteiger partial charge in [0.1, 0.15) is 17.8 Å². The van der Waals surface area contributed by atoms with Crippen LogP contribution in [0.1, 0.15) is 12.8 Å². The molecule has 3 fully saturated rings. The van der Waals surface area contributed by atoms with E-state index in [1.165, 1.54) is 44.7 Å². The van der Waals surface area contributed by atoms with Crippen LogP contribution >= 0.6 is 0 Å². The molecule has 8 nitrogen and oxygen atoms in total. The number of rotatable bonds is 5. The number of benzene rings is 1. The van der Waals surface area contributed by atoms with Gasteiger partial charge in [-0.2, -0.15) is 0 Å². The highest BCUT2D eigenvalue weighted by molar-refractivity contribution is 5.92. The number of hydrogen-bond donors (Lipinski definition) is 2. The number of ether oxygens (including phenoxy) is 1. The lowest BCUT2D eigenvalue weighted by molar-refractivity contribution is 0.0381. The molecule has 6 rings (SSSR count). The second-order valence-corrected chi connectivity index (χ2v) is 9.65. The molecule has 0 radical (unpaired) electrons. The van der Waals surface area contributed by atoms with Crippen LogP contribution in [-0.2, 0) is 4.74 Å². The molecular weight excluding hydrogens is 414 g/mol. The zero-order chi connectivity index (χ0) is 22.2. The van der Waals surface area contributed by atoms with E-state index >= 15 is 0 Å². The van der Waals surface area contributed by atoms with Crippen molar-refractivity contribution in [3.05, 3.63) is 36.7 Å². The van der Waals surface area contributed by atoms with Gasteiger partial charge in [0, 0.05) is 62.7 Å². The first kappa shape index (κ1) is 20.9. The van der Waals surface area contributed by atoms with Gasteiger partial charge in [-0.15, -0.1) is 0 Å². The number of fused-ring (bicyclic) bond motifs is 1. The molecule has 174 valence electrons. The first-order chi connectivity index (χ1) is 16.2. The molecule has 0 atom stereocenters. The van der Waals surface area contributed by atoms with Gasteiger partial charge in [0.25, 0.3) is 0 Å². The summed E-state index contributed by atoms with van der Waals surface area (Å²) < 4.78 is 5.50. The third-order valence-corrected chi connectivity index (χ3v) is 7.37. The lowest BCUT2D eigenvalue weighted by atomic mass is 9.99. The van der Waals surface area contributed by atoms with E-state index in [4.69, 9.17) is 4.74 Å². The Morgan fingerprint density at radius 1 is 1.00 bits per heavy atom. The van der Waals surface area contributed by atoms with Crippen LogP contribution in [0.15, 0.2) is 36.7 Å². The van der Waals surface area contributed by atoms with Crippen LogP contribution in [0, 0.1) is 0 Å². The van der Waals surface area contributed by atoms with Gasteiger partial charge in [-0.05, 0) is 43.7 Å². The second kappa shape index (κ2) is 8.93. The van der Waals surface area contributed by atoms with Crippen LogP contribution in [0.3, 0.4) is 0 Å². The van der Waals surface area contributed by atoms with Gasteiger partial charge in [-0.3, -0.25) is 4.90 Å². The molecule has 33 heavy (non-hydrogen) atoms. The summed E-state index contributed by atoms with van der Waals surface area (Å²) in [5.41, 5.74) is 4.32. The molecule has 0 amide bonds. The van der Waals surface area contributed by atoms with Crippen LogP contribution in [0.5, 0.6) is 0 Å². The number of hydrogen-bond acceptors (Lipinski definition) is 7. The van der Waals surface area contributed by atoms with Gasteiger partial charge in [0.2, 0.25) is 0 Å². The average Bonchev–Trinajstić information content (AvgIpc) is 3.28. The second-order valence-electron chi connectivity index (χ2n) is 9.65. The number of piperidine rings is 1. The van der Waals surface area contributed by atoms with Gasteiger partial charge < -0.3 is 24.8 Å². The van der Waals surface area contributed by atoms with Crippen LogP contribution in [0.4, 0.5) is 11.5 Å². The Kier molecular flexibility index (Phi) is 5.65. The summed E-state index contributed by atoms with van der Waals surface area (Å²) in [5.74, 6) is 0.990. The fourth-order valence-electron chi connectivity index (χ4n) is 5.40. The van der Waals surface area contributed by atoms with Gasteiger partial charge in [0.15, 0.2) is 0 Å². The van der Waals surface area contributed by atoms with E-state index in [1.54, 1.807) is 6.33 Å². The molecular formula is C25H33N7O. The number of aromatic amines is 1. The highest BCUT2D eigenvalue weighted by atomic mass is 16.5. The number of aromatic nitrogens is 3. The minimum Gasteiger partial charge on any atom is -0.382 e. The van der Waals surface area contributed by atoms with Crippen molar-refractivity contribution in [3.63, 3.8) is 0 Å². The van der Waals surface area contributed by atoms with Crippen molar-refractivity contribution < 1.29 is 4.74 Å². The van der Waals surface area contributed by atoms with E-state index < -0.39 is 0 Å². The Balaban J connectivity index is 1.11. The maximum atomic E-state index is 5.50. The number of nitrogens with zero attached hydrogens (tertiary/aromatic N) is 5. The van der Waals surface area contributed by atoms with Gasteiger partial charge in [-0.1, -0.05) is 12.1 Å². The van der Waals surface area contributed by atoms with Crippen LogP contribution in [0.25, 0.3) is 22.3 Å². The quantitative estimate of drug-likeness (QED) is 0.623. The van der Waals surface area contributed by atoms with Crippen molar-refractivity contribution in [2.75, 3.05) is 69.7 Å². The Morgan fingerprint density at radius 2 is 1.76 bits per heavy atom. The lowest BCUT2D eigenvalue weighted by Crippen LogP contribution is -2.59. The van der Waals surface area contributed by atoms with Crippen molar-refractivity contribution in [2.45, 2.75) is 24.9 Å². The lowest BCUT2D eigenvalue weighted by Gasteiger charge is -2.46. The van der Waals surface area contributed by atoms with Gasteiger partial charge >= 0.3 is 0 Å². The average molecular weight is 448 g/mol. The van der Waals surface area contributed by atoms with Crippen LogP contribution < -0.4 is 10.2 Å². The zero-order valence-corrected chi connectivity index (χ0v) is 19.3. The Morgan fingerprint density at radius 3 is 2.48 bits per heavy atom. The first-order valence-corrected chi connectivity index (χ1v) is 12.2. The van der Waals surface area contributed by atoms with Gasteiger partial charge in [0.05, 0.1) is 18.6 Å². The molecule has 0 spiro atoms. The normalized spacial score (nSPS) is 21.4. The van der Waals surface area contributed by atoms with Crippen molar-refractivity contribution in [3.8, 4) is 11.3 Å². The minimum absolute atomic E-state index is 0.560. The molecule has 3 aliphatic rings. The number of nitrogens with one attached hydrogen (secondary N) is 2. The Hall–Kier alpha value is -2.68. The number of likely N-dealkylation sites (N-methyl/N-ethyl adjacent to an activating group) is 1. The molecule has 1 aromatic carbocycles. The van der Waals surface area contributed by atoms with E-state index in [1.807, 2.05) is 0 Å². The fourth-order valence-corrected chi connectivity index (χ4v) is 5.40. The molecule has 2 aromatic heterocycles. The highest BCUT2D eigenvalue weighted by Crippen LogP contribution is 2.30. The zero-order valence-electron chi connectivity index (χ0n) is 19.3. The smallest absolute Gasteiger partial charge is 0.143 e. The maximum Gasteiger partial charge on any atom is 0.143 e. The van der Waals surface area contributed by atoms with Crippen LogP contribution in [-0.4, -0.2) is 96.4 Å². The highest BCUT2D eigenvalue weighted by Gasteiger charge is 2.31. The summed E-state index contributed by atoms with van der Waals surface area (Å²) in [7, 11) is 2.21. The summed E-state index contributed by atoms with van der Waals surface area (Å²) in [6, 6.07) is 12.3. The molecule has 2 N–H and O–H groups in total. The monoisotopic (exact) mass is 447 g/mol. The Labute approximate surface area is 194 Å². The molecule has 3 saturated heterocycles. The van der Waals surface area contributed by atoms with E-state index in [-0.39, 0.29) is 0 Å². The predicted molar refractivity (Wildman–Crippen MR) is 132 cm³/mol. The topological polar surface area (TPSA) is 72.6 Å². The third-order valence-electron chi connectivity index (χ3n) is 7.37. The maximum absolute atomic E-state index is 5.50. The number of H-pyrrole nitrogens is 1. The number of morpholine rings is 1. The van der Waals surface area contributed by atoms with Gasteiger partial charge in [-0.25, -0.2) is 9.97 Å². The summed E-state index contributed by atoms with van der Waals surface area (Å²) >= 11 is 0. The van der Waals surface area contributed by atoms with Crippen molar-refractivity contribution in [2.24, 2.45) is 0 Å². The minimum atomic E-state index is 0.560. The predicted octanol–water partition coefficient (Wildman–Crippen LogP) is 2.65. The molecule has 0 bridgehead atoms.